The Morgan fingerprint density at radius 1 is 0.960 bits per heavy atom. The molecule has 0 aliphatic carbocycles. The van der Waals surface area contributed by atoms with Crippen LogP contribution in [0, 0.1) is 5.82 Å². The zero-order chi connectivity index (χ0) is 18.6. The lowest BCUT2D eigenvalue weighted by Gasteiger charge is -2.23. The summed E-state index contributed by atoms with van der Waals surface area (Å²) in [5, 5.41) is 10.6. The molecule has 25 heavy (non-hydrogen) atoms. The molecule has 5 nitrogen and oxygen atoms in total. The molecular weight excluding hydrogens is 395 g/mol. The molecule has 2 rings (SSSR count). The van der Waals surface area contributed by atoms with Gasteiger partial charge in [-0.2, -0.15) is 0 Å². The monoisotopic (exact) mass is 414 g/mol. The fourth-order valence-electron chi connectivity index (χ4n) is 2.38. The van der Waals surface area contributed by atoms with Crippen molar-refractivity contribution in [2.45, 2.75) is 19.1 Å². The fraction of sp³-hybridized carbons (Fsp3) is 0.333. The third kappa shape index (κ3) is 4.35. The van der Waals surface area contributed by atoms with Gasteiger partial charge in [0.25, 0.3) is 0 Å². The van der Waals surface area contributed by atoms with Crippen molar-refractivity contribution in [3.8, 4) is 23.0 Å². The maximum absolute atomic E-state index is 13.9. The van der Waals surface area contributed by atoms with Crippen molar-refractivity contribution >= 4 is 15.9 Å². The summed E-state index contributed by atoms with van der Waals surface area (Å²) in [5.41, 5.74) is 0.500. The highest BCUT2D eigenvalue weighted by Crippen LogP contribution is 2.40. The summed E-state index contributed by atoms with van der Waals surface area (Å²) in [6, 6.07) is 7.72. The van der Waals surface area contributed by atoms with E-state index in [0.29, 0.717) is 27.3 Å². The second-order valence-electron chi connectivity index (χ2n) is 5.30. The molecule has 7 heteroatoms. The average Bonchev–Trinajstić information content (AvgIpc) is 2.61. The van der Waals surface area contributed by atoms with Crippen LogP contribution in [0.2, 0.25) is 0 Å². The van der Waals surface area contributed by atoms with Crippen molar-refractivity contribution in [2.75, 3.05) is 21.3 Å². The molecule has 1 N–H and O–H groups in total. The predicted octanol–water partition coefficient (Wildman–Crippen LogP) is 4.11. The van der Waals surface area contributed by atoms with Crippen LogP contribution < -0.4 is 18.9 Å². The van der Waals surface area contributed by atoms with Crippen molar-refractivity contribution in [1.82, 2.24) is 0 Å². The minimum absolute atomic E-state index is 0.0576. The van der Waals surface area contributed by atoms with Gasteiger partial charge in [0.2, 0.25) is 5.75 Å². The van der Waals surface area contributed by atoms with Crippen LogP contribution >= 0.6 is 15.9 Å². The third-order valence-corrected chi connectivity index (χ3v) is 4.17. The van der Waals surface area contributed by atoms with Gasteiger partial charge in [-0.25, -0.2) is 4.39 Å². The molecule has 0 heterocycles. The zero-order valence-corrected chi connectivity index (χ0v) is 16.0. The molecule has 136 valence electrons. The van der Waals surface area contributed by atoms with Crippen molar-refractivity contribution in [3.05, 3.63) is 46.2 Å². The number of halogens is 2. The molecule has 0 bridgehead atoms. The molecule has 0 aliphatic rings. The number of aliphatic hydroxyl groups excluding tert-OH is 1. The minimum atomic E-state index is -1.03. The largest absolute Gasteiger partial charge is 0.493 e. The number of ether oxygens (including phenoxy) is 4. The Morgan fingerprint density at radius 3 is 2.04 bits per heavy atom. The highest BCUT2D eigenvalue weighted by Gasteiger charge is 2.23. The molecule has 2 atom stereocenters. The van der Waals surface area contributed by atoms with E-state index < -0.39 is 18.0 Å². The van der Waals surface area contributed by atoms with Gasteiger partial charge in [0, 0.05) is 4.47 Å². The molecule has 2 aromatic carbocycles. The number of hydrogen-bond donors (Lipinski definition) is 1. The van der Waals surface area contributed by atoms with Crippen LogP contribution in [0.5, 0.6) is 23.0 Å². The maximum Gasteiger partial charge on any atom is 0.203 e. The van der Waals surface area contributed by atoms with E-state index in [4.69, 9.17) is 18.9 Å². The van der Waals surface area contributed by atoms with Gasteiger partial charge in [-0.1, -0.05) is 15.9 Å². The first-order valence-corrected chi connectivity index (χ1v) is 8.30. The minimum Gasteiger partial charge on any atom is -0.493 e. The van der Waals surface area contributed by atoms with E-state index in [9.17, 15) is 9.50 Å². The summed E-state index contributed by atoms with van der Waals surface area (Å²) < 4.78 is 35.9. The number of rotatable bonds is 7. The van der Waals surface area contributed by atoms with E-state index in [1.54, 1.807) is 25.1 Å². The number of hydrogen-bond acceptors (Lipinski definition) is 5. The second kappa shape index (κ2) is 8.40. The quantitative estimate of drug-likeness (QED) is 0.738. The summed E-state index contributed by atoms with van der Waals surface area (Å²) in [4.78, 5) is 0. The SMILES string of the molecule is COc1cc(C(O)C(C)Oc2ccc(Br)cc2F)cc(OC)c1OC. The van der Waals surface area contributed by atoms with Crippen molar-refractivity contribution < 1.29 is 28.4 Å². The lowest BCUT2D eigenvalue weighted by molar-refractivity contribution is 0.0441. The number of benzene rings is 2. The molecule has 0 fully saturated rings. The summed E-state index contributed by atoms with van der Waals surface area (Å²) in [6.07, 6.45) is -1.74. The van der Waals surface area contributed by atoms with Gasteiger partial charge in [-0.3, -0.25) is 0 Å². The van der Waals surface area contributed by atoms with E-state index in [1.807, 2.05) is 0 Å². The Labute approximate surface area is 154 Å². The van der Waals surface area contributed by atoms with Gasteiger partial charge in [-0.05, 0) is 42.8 Å². The second-order valence-corrected chi connectivity index (χ2v) is 6.22. The molecule has 2 aromatic rings. The van der Waals surface area contributed by atoms with Gasteiger partial charge >= 0.3 is 0 Å². The molecule has 0 aliphatic heterocycles. The van der Waals surface area contributed by atoms with Crippen LogP contribution in [0.1, 0.15) is 18.6 Å². The van der Waals surface area contributed by atoms with Crippen LogP contribution in [-0.4, -0.2) is 32.5 Å². The van der Waals surface area contributed by atoms with Crippen LogP contribution in [0.3, 0.4) is 0 Å². The molecular formula is C18H20BrFO5. The first-order chi connectivity index (χ1) is 11.9. The molecule has 0 amide bonds. The third-order valence-electron chi connectivity index (χ3n) is 3.68. The smallest absolute Gasteiger partial charge is 0.203 e. The molecule has 0 saturated heterocycles. The summed E-state index contributed by atoms with van der Waals surface area (Å²) in [6.45, 7) is 1.65. The lowest BCUT2D eigenvalue weighted by Crippen LogP contribution is -2.22. The Morgan fingerprint density at radius 2 is 1.56 bits per heavy atom. The molecule has 0 radical (unpaired) electrons. The Kier molecular flexibility index (Phi) is 6.50. The van der Waals surface area contributed by atoms with E-state index in [2.05, 4.69) is 15.9 Å². The van der Waals surface area contributed by atoms with Crippen molar-refractivity contribution in [2.24, 2.45) is 0 Å². The molecule has 0 spiro atoms. The van der Waals surface area contributed by atoms with E-state index in [0.717, 1.165) is 0 Å². The van der Waals surface area contributed by atoms with E-state index >= 15 is 0 Å². The topological polar surface area (TPSA) is 57.2 Å². The van der Waals surface area contributed by atoms with Crippen LogP contribution in [0.4, 0.5) is 4.39 Å². The Bertz CT molecular complexity index is 712. The first kappa shape index (κ1) is 19.3. The average molecular weight is 415 g/mol. The van der Waals surface area contributed by atoms with Crippen molar-refractivity contribution in [3.63, 3.8) is 0 Å². The van der Waals surface area contributed by atoms with Crippen molar-refractivity contribution in [1.29, 1.82) is 0 Å². The predicted molar refractivity (Wildman–Crippen MR) is 95.2 cm³/mol. The zero-order valence-electron chi connectivity index (χ0n) is 14.4. The maximum atomic E-state index is 13.9. The first-order valence-electron chi connectivity index (χ1n) is 7.51. The summed E-state index contributed by atoms with van der Waals surface area (Å²) >= 11 is 3.19. The molecule has 2 unspecified atom stereocenters. The van der Waals surface area contributed by atoms with Gasteiger partial charge in [-0.15, -0.1) is 0 Å². The highest BCUT2D eigenvalue weighted by atomic mass is 79.9. The van der Waals surface area contributed by atoms with Crippen LogP contribution in [0.25, 0.3) is 0 Å². The summed E-state index contributed by atoms with van der Waals surface area (Å²) in [7, 11) is 4.48. The standard InChI is InChI=1S/C18H20BrFO5/c1-10(25-14-6-5-12(19)9-13(14)20)17(21)11-7-15(22-2)18(24-4)16(8-11)23-3/h5-10,17,21H,1-4H3. The fourth-order valence-corrected chi connectivity index (χ4v) is 2.71. The Hall–Kier alpha value is -1.99. The Balaban J connectivity index is 2.28. The molecule has 0 saturated carbocycles. The van der Waals surface area contributed by atoms with E-state index in [-0.39, 0.29) is 5.75 Å². The van der Waals surface area contributed by atoms with Gasteiger partial charge in [0.05, 0.1) is 21.3 Å². The van der Waals surface area contributed by atoms with Gasteiger partial charge in [0.15, 0.2) is 23.1 Å². The van der Waals surface area contributed by atoms with Gasteiger partial charge in [0.1, 0.15) is 12.2 Å². The highest BCUT2D eigenvalue weighted by molar-refractivity contribution is 9.10. The van der Waals surface area contributed by atoms with Gasteiger partial charge < -0.3 is 24.1 Å². The lowest BCUT2D eigenvalue weighted by atomic mass is 10.0. The van der Waals surface area contributed by atoms with E-state index in [1.165, 1.54) is 33.5 Å². The van der Waals surface area contributed by atoms with Crippen LogP contribution in [-0.2, 0) is 0 Å². The normalized spacial score (nSPS) is 13.1. The molecule has 0 aromatic heterocycles. The summed E-state index contributed by atoms with van der Waals surface area (Å²) in [5.74, 6) is 0.796. The number of aliphatic hydroxyl groups is 1. The van der Waals surface area contributed by atoms with Crippen LogP contribution in [0.15, 0.2) is 34.8 Å². The number of methoxy groups -OCH3 is 3.